The summed E-state index contributed by atoms with van der Waals surface area (Å²) in [5.74, 6) is -3.20. The summed E-state index contributed by atoms with van der Waals surface area (Å²) in [5, 5.41) is 1.67. The number of allylic oxidation sites excluding steroid dienone is 4. The Hall–Kier alpha value is -10.1. The molecule has 4 amide bonds. The molecule has 0 bridgehead atoms. The van der Waals surface area contributed by atoms with Gasteiger partial charge in [0.1, 0.15) is 40.7 Å². The number of fused-ring (bicyclic) bond motifs is 6. The third-order valence-corrected chi connectivity index (χ3v) is 29.6. The number of pyridine rings is 4. The number of sulfonamides is 2. The number of rotatable bonds is 24. The van der Waals surface area contributed by atoms with E-state index in [4.69, 9.17) is 47.9 Å². The zero-order valence-electron chi connectivity index (χ0n) is 76.9. The Labute approximate surface area is 752 Å². The number of Topliss-reactive ketones (excluding diaryl/α,β-unsaturated/α-hetero) is 2. The van der Waals surface area contributed by atoms with Crippen molar-refractivity contribution in [3.8, 4) is 57.5 Å². The largest absolute Gasteiger partial charge is 0.497 e. The van der Waals surface area contributed by atoms with Crippen LogP contribution in [-0.2, 0) is 67.9 Å². The summed E-state index contributed by atoms with van der Waals surface area (Å²) in [6, 6.07) is 20.1. The quantitative estimate of drug-likeness (QED) is 0.0420. The molecule has 2 saturated heterocycles. The summed E-state index contributed by atoms with van der Waals surface area (Å²) in [6.45, 7) is 26.8. The van der Waals surface area contributed by atoms with Crippen molar-refractivity contribution in [1.29, 1.82) is 0 Å². The van der Waals surface area contributed by atoms with Crippen LogP contribution >= 0.6 is 0 Å². The lowest BCUT2D eigenvalue weighted by Gasteiger charge is -2.33. The molecule has 692 valence electrons. The Morgan fingerprint density at radius 2 is 0.961 bits per heavy atom. The number of aromatic nitrogens is 4. The minimum atomic E-state index is -3.89. The van der Waals surface area contributed by atoms with E-state index in [9.17, 15) is 45.6 Å². The second-order valence-electron chi connectivity index (χ2n) is 39.3. The van der Waals surface area contributed by atoms with Gasteiger partial charge in [-0.1, -0.05) is 64.8 Å². The van der Waals surface area contributed by atoms with Crippen LogP contribution in [0.3, 0.4) is 0 Å². The van der Waals surface area contributed by atoms with E-state index >= 15 is 9.59 Å². The lowest BCUT2D eigenvalue weighted by molar-refractivity contribution is -0.160. The molecule has 6 aromatic rings. The second-order valence-corrected chi connectivity index (χ2v) is 43.2. The minimum Gasteiger partial charge on any atom is -0.497 e. The van der Waals surface area contributed by atoms with Crippen LogP contribution in [-0.4, -0.2) is 179 Å². The van der Waals surface area contributed by atoms with Gasteiger partial charge in [0.05, 0.1) is 121 Å². The van der Waals surface area contributed by atoms with Crippen molar-refractivity contribution in [2.75, 3.05) is 27.3 Å². The van der Waals surface area contributed by atoms with Crippen LogP contribution < -0.4 is 37.9 Å². The van der Waals surface area contributed by atoms with Crippen molar-refractivity contribution in [1.82, 2.24) is 39.2 Å². The second kappa shape index (κ2) is 39.3. The first kappa shape index (κ1) is 95.5. The van der Waals surface area contributed by atoms with Gasteiger partial charge in [-0.05, 0) is 259 Å². The average Bonchev–Trinajstić information content (AvgIpc) is 1.57. The maximum atomic E-state index is 15.3. The van der Waals surface area contributed by atoms with Gasteiger partial charge in [0, 0.05) is 54.3 Å². The van der Waals surface area contributed by atoms with Crippen molar-refractivity contribution < 1.29 is 93.1 Å². The zero-order valence-corrected chi connectivity index (χ0v) is 78.5. The molecule has 14 atom stereocenters. The number of hydrogen-bond donors (Lipinski definition) is 2. The number of amides is 4. The molecular formula is C98H128N8O20S2. The van der Waals surface area contributed by atoms with Crippen molar-refractivity contribution in [2.45, 2.75) is 284 Å². The molecule has 14 rings (SSSR count). The average molecular weight is 1800 g/mol. The summed E-state index contributed by atoms with van der Waals surface area (Å²) < 4.78 is 105. The summed E-state index contributed by atoms with van der Waals surface area (Å²) in [7, 11) is -4.61. The summed E-state index contributed by atoms with van der Waals surface area (Å²) in [4.78, 5) is 138. The van der Waals surface area contributed by atoms with E-state index < -0.39 is 112 Å². The van der Waals surface area contributed by atoms with E-state index in [0.717, 1.165) is 23.6 Å². The molecule has 4 saturated carbocycles. The fraction of sp³-hybridized carbons (Fsp3) is 0.592. The molecule has 4 aliphatic carbocycles. The Balaban J connectivity index is 0.000000219. The molecule has 8 heterocycles. The number of esters is 2. The Bertz CT molecular complexity index is 5080. The van der Waals surface area contributed by atoms with Gasteiger partial charge in [-0.2, -0.15) is 0 Å². The molecule has 30 heteroatoms. The highest BCUT2D eigenvalue weighted by Crippen LogP contribution is 2.59. The fourth-order valence-corrected chi connectivity index (χ4v) is 21.5. The lowest BCUT2D eigenvalue weighted by Crippen LogP contribution is -2.48. The van der Waals surface area contributed by atoms with Gasteiger partial charge in [0.25, 0.3) is 0 Å². The first-order valence-electron chi connectivity index (χ1n) is 45.7. The van der Waals surface area contributed by atoms with Crippen LogP contribution in [0, 0.1) is 58.2 Å². The number of nitrogens with one attached hydrogen (secondary N) is 2. The molecule has 6 fully saturated rings. The number of ketones is 2. The van der Waals surface area contributed by atoms with Crippen LogP contribution in [0.25, 0.3) is 44.2 Å². The zero-order chi connectivity index (χ0) is 92.3. The highest BCUT2D eigenvalue weighted by molar-refractivity contribution is 7.91. The smallest absolute Gasteiger partial charge is 0.307 e. The third kappa shape index (κ3) is 23.4. The molecule has 0 spiro atoms. The van der Waals surface area contributed by atoms with Gasteiger partial charge >= 0.3 is 11.9 Å². The summed E-state index contributed by atoms with van der Waals surface area (Å²) >= 11 is 0. The normalized spacial score (nSPS) is 27.2. The number of nitrogens with zero attached hydrogens (tertiary/aromatic N) is 6. The number of carbonyl (C=O) groups is 8. The van der Waals surface area contributed by atoms with E-state index in [1.165, 1.54) is 0 Å². The Morgan fingerprint density at radius 1 is 0.523 bits per heavy atom. The molecule has 28 nitrogen and oxygen atoms in total. The predicted octanol–water partition coefficient (Wildman–Crippen LogP) is 15.5. The van der Waals surface area contributed by atoms with Gasteiger partial charge in [-0.3, -0.25) is 52.8 Å². The summed E-state index contributed by atoms with van der Waals surface area (Å²) in [6.07, 6.45) is 17.2. The molecule has 4 aliphatic heterocycles. The van der Waals surface area contributed by atoms with Crippen LogP contribution in [0.5, 0.6) is 34.9 Å². The molecule has 4 aromatic heterocycles. The first-order valence-corrected chi connectivity index (χ1v) is 48.8. The predicted molar refractivity (Wildman–Crippen MR) is 484 cm³/mol. The van der Waals surface area contributed by atoms with Crippen LogP contribution in [0.15, 0.2) is 109 Å². The number of hydrogen-bond acceptors (Lipinski definition) is 24. The van der Waals surface area contributed by atoms with Crippen LogP contribution in [0.4, 0.5) is 0 Å². The topological polar surface area (TPSA) is 361 Å². The first-order chi connectivity index (χ1) is 60.6. The standard InChI is InChI=1S/2C49H64N4O10S/c1-9-31-20-30(4)12-10-11-13-34-25-49(34,47(57)52-64(58,59)37-16-17-37)26-42(54)41-23-36(28-53(41)46(56)39(31)24-44(55)63-48(5,6)7)62-45-38-18-15-35(60-8)21-33(38)22-40(51-45)32-14-19-43(50-27-32)61-29(2)3;1-9-31-20-30(4)12-10-11-13-33-25-49(33,47(57)52-64(58,59)37-16-17-37)26-43(54)42-23-36(28-53(42)46(56)39(31)24-44(55)63-48(5,6)7)62-45-38-18-14-34(60-8)21-32(38)22-41(51-45)40-19-15-35(27-50-40)61-29(2)3/h11,13-15,18-19,21-22,27,29-31,34,36-37,39,41H,9-10,12,16-17,20,23-26,28H2,1-8H3,(H,52,57);11,13-15,18-19,21-22,27,29-31,33,36-37,39,42H,9-10,12,16-17,20,23-26,28H2,1-8H3,(H,52,57)/b2*13-11-/t30-,31-,34-,36-,39+,41+,49-;30-,31+,33+,36+,39-,42-,49+/m10/s1. The number of carbonyl (C=O) groups excluding carboxylic acids is 8. The van der Waals surface area contributed by atoms with Crippen LogP contribution in [0.2, 0.25) is 0 Å². The molecule has 0 unspecified atom stereocenters. The third-order valence-electron chi connectivity index (χ3n) is 25.9. The molecule has 8 aliphatic rings. The number of benzene rings is 2. The molecule has 2 N–H and O–H groups in total. The van der Waals surface area contributed by atoms with Gasteiger partial charge in [-0.25, -0.2) is 31.8 Å². The van der Waals surface area contributed by atoms with Gasteiger partial charge < -0.3 is 47.7 Å². The van der Waals surface area contributed by atoms with E-state index in [0.29, 0.717) is 134 Å². The summed E-state index contributed by atoms with van der Waals surface area (Å²) in [5.41, 5.74) is -1.76. The van der Waals surface area contributed by atoms with Crippen molar-refractivity contribution in [2.24, 2.45) is 58.2 Å². The maximum Gasteiger partial charge on any atom is 0.307 e. The van der Waals surface area contributed by atoms with Gasteiger partial charge in [-0.15, -0.1) is 0 Å². The fourth-order valence-electron chi connectivity index (χ4n) is 18.8. The number of ether oxygens (including phenoxy) is 8. The highest BCUT2D eigenvalue weighted by atomic mass is 32.2. The highest BCUT2D eigenvalue weighted by Gasteiger charge is 2.64. The van der Waals surface area contributed by atoms with Crippen LogP contribution in [0.1, 0.15) is 225 Å². The molecule has 2 aromatic carbocycles. The van der Waals surface area contributed by atoms with E-state index in [-0.39, 0.29) is 134 Å². The Kier molecular flexibility index (Phi) is 29.3. The van der Waals surface area contributed by atoms with E-state index in [1.807, 2.05) is 127 Å². The Morgan fingerprint density at radius 3 is 1.35 bits per heavy atom. The minimum absolute atomic E-state index is 0.00762. The lowest BCUT2D eigenvalue weighted by atomic mass is 9.79. The van der Waals surface area contributed by atoms with E-state index in [1.54, 1.807) is 90.1 Å². The van der Waals surface area contributed by atoms with Gasteiger partial charge in [0.15, 0.2) is 11.6 Å². The van der Waals surface area contributed by atoms with Crippen molar-refractivity contribution >= 4 is 88.7 Å². The van der Waals surface area contributed by atoms with Gasteiger partial charge in [0.2, 0.25) is 61.3 Å². The SMILES string of the molecule is CC[C@@H]1C[C@@H](C)CC/C=C\[C@@H]2C[C@@]2(C(=O)NS(=O)(=O)C2CC2)CC(=O)[C@@H]2C[C@@H](Oc3nc(-c4ccc(OC(C)C)cn4)cc4cc(OC)ccc34)CN2C(=O)[C@H]1CC(=O)OC(C)(C)C.CC[C@@H]1C[C@H](C)CC/C=C\[C@@H]2C[C@@]2(C(=O)NS(=O)(=O)C2CC2)CC(=O)[C@@H]2C[C@@H](Oc3nc(-c4ccc(OC(C)C)nc4)cc4cc(OC)ccc34)CN2C(=O)[C@H]1CC(=O)OC(C)(C)C. The maximum absolute atomic E-state index is 15.3. The molecule has 0 radical (unpaired) electrons. The van der Waals surface area contributed by atoms with E-state index in [2.05, 4.69) is 33.3 Å². The number of methoxy groups -OCH3 is 2. The molecular weight excluding hydrogens is 1670 g/mol. The molecule has 128 heavy (non-hydrogen) atoms. The monoisotopic (exact) mass is 1800 g/mol. The van der Waals surface area contributed by atoms with Crippen molar-refractivity contribution in [3.05, 3.63) is 109 Å². The van der Waals surface area contributed by atoms with Crippen molar-refractivity contribution in [3.63, 3.8) is 0 Å².